The molecule has 0 bridgehead atoms. The van der Waals surface area contributed by atoms with Crippen LogP contribution in [-0.2, 0) is 0 Å². The van der Waals surface area contributed by atoms with Crippen LogP contribution in [0.15, 0.2) is 39.0 Å². The third-order valence-electron chi connectivity index (χ3n) is 3.30. The number of rotatable bonds is 5. The topological polar surface area (TPSA) is 64.1 Å². The molecule has 0 unspecified atom stereocenters. The van der Waals surface area contributed by atoms with E-state index in [9.17, 15) is 4.79 Å². The Morgan fingerprint density at radius 3 is 2.79 bits per heavy atom. The molecular weight excluding hydrogens is 362 g/mol. The molecule has 0 spiro atoms. The van der Waals surface area contributed by atoms with Gasteiger partial charge in [-0.05, 0) is 48.6 Å². The lowest BCUT2D eigenvalue weighted by Gasteiger charge is -2.09. The largest absolute Gasteiger partial charge is 0.496 e. The van der Waals surface area contributed by atoms with Crippen LogP contribution in [-0.4, -0.2) is 22.4 Å². The first-order chi connectivity index (χ1) is 11.6. The quantitative estimate of drug-likeness (QED) is 0.702. The number of aromatic nitrogens is 2. The minimum atomic E-state index is -0.189. The smallest absolute Gasteiger partial charge is 0.259 e. The van der Waals surface area contributed by atoms with E-state index in [0.29, 0.717) is 10.7 Å². The van der Waals surface area contributed by atoms with E-state index < -0.39 is 0 Å². The number of hydrogen-bond donors (Lipinski definition) is 1. The highest BCUT2D eigenvalue weighted by molar-refractivity contribution is 8.01. The summed E-state index contributed by atoms with van der Waals surface area (Å²) < 4.78 is 10.3. The lowest BCUT2D eigenvalue weighted by atomic mass is 10.1. The van der Waals surface area contributed by atoms with Crippen molar-refractivity contribution in [3.05, 3.63) is 46.6 Å². The van der Waals surface area contributed by atoms with Crippen LogP contribution in [0.25, 0.3) is 0 Å². The Morgan fingerprint density at radius 2 is 2.08 bits per heavy atom. The maximum Gasteiger partial charge on any atom is 0.259 e. The van der Waals surface area contributed by atoms with E-state index in [2.05, 4.69) is 27.7 Å². The van der Waals surface area contributed by atoms with Gasteiger partial charge >= 0.3 is 0 Å². The fourth-order valence-electron chi connectivity index (χ4n) is 2.05. The van der Waals surface area contributed by atoms with Crippen LogP contribution in [0.4, 0.5) is 5.13 Å². The summed E-state index contributed by atoms with van der Waals surface area (Å²) in [5, 5.41) is 5.09. The summed E-state index contributed by atoms with van der Waals surface area (Å²) in [5.74, 6) is 0.699. The number of hydrogen-bond acceptors (Lipinski definition) is 7. The van der Waals surface area contributed by atoms with Crippen LogP contribution in [0.3, 0.4) is 0 Å². The van der Waals surface area contributed by atoms with Crippen molar-refractivity contribution in [2.45, 2.75) is 23.0 Å². The standard InChI is InChI=1S/C16H15N3O2S3/c1-9-5-13(10(2)4-12(9)21-3)23-14-7-17-16(24-14)19-15(20)11-6-18-22-8-11/h4-8H,1-3H3,(H,17,19,20). The number of thiazole rings is 1. The van der Waals surface area contributed by atoms with E-state index in [0.717, 1.165) is 26.0 Å². The number of aryl methyl sites for hydroxylation is 2. The molecule has 3 rings (SSSR count). The molecule has 1 N–H and O–H groups in total. The Bertz CT molecular complexity index is 860. The number of anilines is 1. The van der Waals surface area contributed by atoms with Crippen molar-refractivity contribution >= 4 is 45.7 Å². The van der Waals surface area contributed by atoms with Crippen LogP contribution >= 0.6 is 34.6 Å². The Labute approximate surface area is 152 Å². The van der Waals surface area contributed by atoms with Crippen molar-refractivity contribution in [3.8, 4) is 5.75 Å². The molecule has 124 valence electrons. The lowest BCUT2D eigenvalue weighted by molar-refractivity contribution is 0.102. The summed E-state index contributed by atoms with van der Waals surface area (Å²) in [4.78, 5) is 17.4. The molecule has 0 aliphatic heterocycles. The molecule has 5 nitrogen and oxygen atoms in total. The second-order valence-electron chi connectivity index (χ2n) is 5.04. The van der Waals surface area contributed by atoms with E-state index in [1.807, 2.05) is 13.0 Å². The molecular formula is C16H15N3O2S3. The Hall–Kier alpha value is -1.90. The van der Waals surface area contributed by atoms with Crippen LogP contribution < -0.4 is 10.1 Å². The number of nitrogens with one attached hydrogen (secondary N) is 1. The van der Waals surface area contributed by atoms with Crippen LogP contribution in [0.5, 0.6) is 5.75 Å². The Morgan fingerprint density at radius 1 is 1.25 bits per heavy atom. The average molecular weight is 378 g/mol. The van der Waals surface area contributed by atoms with Gasteiger partial charge in [0.25, 0.3) is 5.91 Å². The number of benzene rings is 1. The first-order valence-electron chi connectivity index (χ1n) is 7.06. The van der Waals surface area contributed by atoms with Gasteiger partial charge in [0.05, 0.1) is 29.3 Å². The van der Waals surface area contributed by atoms with Crippen molar-refractivity contribution in [1.29, 1.82) is 0 Å². The molecule has 24 heavy (non-hydrogen) atoms. The van der Waals surface area contributed by atoms with Crippen molar-refractivity contribution in [3.63, 3.8) is 0 Å². The zero-order chi connectivity index (χ0) is 17.1. The Kier molecular flexibility index (Phi) is 5.17. The number of carbonyl (C=O) groups excluding carboxylic acids is 1. The van der Waals surface area contributed by atoms with Gasteiger partial charge in [-0.3, -0.25) is 10.1 Å². The van der Waals surface area contributed by atoms with Gasteiger partial charge in [-0.1, -0.05) is 23.1 Å². The molecule has 2 heterocycles. The molecule has 1 amide bonds. The van der Waals surface area contributed by atoms with Crippen molar-refractivity contribution in [2.75, 3.05) is 12.4 Å². The van der Waals surface area contributed by atoms with Crippen LogP contribution in [0.2, 0.25) is 0 Å². The highest BCUT2D eigenvalue weighted by atomic mass is 32.2. The number of nitrogens with zero attached hydrogens (tertiary/aromatic N) is 2. The fourth-order valence-corrected chi connectivity index (χ4v) is 4.56. The third kappa shape index (κ3) is 3.77. The zero-order valence-corrected chi connectivity index (χ0v) is 15.8. The number of carbonyl (C=O) groups is 1. The van der Waals surface area contributed by atoms with E-state index >= 15 is 0 Å². The SMILES string of the molecule is COc1cc(C)c(Sc2cnc(NC(=O)c3cnsc3)s2)cc1C. The molecule has 0 saturated carbocycles. The number of methoxy groups -OCH3 is 1. The maximum atomic E-state index is 12.0. The summed E-state index contributed by atoms with van der Waals surface area (Å²) in [7, 11) is 1.68. The van der Waals surface area contributed by atoms with Crippen molar-refractivity contribution in [2.24, 2.45) is 0 Å². The van der Waals surface area contributed by atoms with E-state index in [-0.39, 0.29) is 5.91 Å². The van der Waals surface area contributed by atoms with Gasteiger partial charge in [0.1, 0.15) is 5.75 Å². The van der Waals surface area contributed by atoms with E-state index in [1.54, 1.807) is 36.6 Å². The summed E-state index contributed by atoms with van der Waals surface area (Å²) in [6, 6.07) is 4.14. The molecule has 0 aliphatic rings. The number of amides is 1. The van der Waals surface area contributed by atoms with Crippen LogP contribution in [0, 0.1) is 13.8 Å². The van der Waals surface area contributed by atoms with Crippen molar-refractivity contribution in [1.82, 2.24) is 9.36 Å². The van der Waals surface area contributed by atoms with Crippen LogP contribution in [0.1, 0.15) is 21.5 Å². The first-order valence-corrected chi connectivity index (χ1v) is 9.53. The highest BCUT2D eigenvalue weighted by Crippen LogP contribution is 2.38. The average Bonchev–Trinajstić information content (AvgIpc) is 3.22. The summed E-state index contributed by atoms with van der Waals surface area (Å²) in [6.45, 7) is 4.08. The summed E-state index contributed by atoms with van der Waals surface area (Å²) in [5.41, 5.74) is 2.78. The second-order valence-corrected chi connectivity index (χ2v) is 8.07. The molecule has 0 saturated heterocycles. The molecule has 8 heteroatoms. The van der Waals surface area contributed by atoms with E-state index in [4.69, 9.17) is 4.74 Å². The molecule has 3 aromatic rings. The van der Waals surface area contributed by atoms with Gasteiger partial charge in [-0.15, -0.1) is 0 Å². The molecule has 1 aromatic carbocycles. The Balaban J connectivity index is 1.72. The molecule has 0 radical (unpaired) electrons. The minimum Gasteiger partial charge on any atom is -0.496 e. The normalized spacial score (nSPS) is 10.6. The monoisotopic (exact) mass is 377 g/mol. The first kappa shape index (κ1) is 16.9. The summed E-state index contributed by atoms with van der Waals surface area (Å²) in [6.07, 6.45) is 3.32. The minimum absolute atomic E-state index is 0.189. The van der Waals surface area contributed by atoms with Gasteiger partial charge in [-0.2, -0.15) is 0 Å². The van der Waals surface area contributed by atoms with Gasteiger partial charge in [-0.25, -0.2) is 9.36 Å². The molecule has 0 atom stereocenters. The van der Waals surface area contributed by atoms with E-state index in [1.165, 1.54) is 22.9 Å². The highest BCUT2D eigenvalue weighted by Gasteiger charge is 2.12. The zero-order valence-electron chi connectivity index (χ0n) is 13.3. The molecule has 2 aromatic heterocycles. The predicted octanol–water partition coefficient (Wildman–Crippen LogP) is 4.63. The van der Waals surface area contributed by atoms with Gasteiger partial charge in [0.2, 0.25) is 0 Å². The van der Waals surface area contributed by atoms with Crippen molar-refractivity contribution < 1.29 is 9.53 Å². The second kappa shape index (κ2) is 7.33. The predicted molar refractivity (Wildman–Crippen MR) is 98.8 cm³/mol. The summed E-state index contributed by atoms with van der Waals surface area (Å²) >= 11 is 4.33. The van der Waals surface area contributed by atoms with Gasteiger partial charge in [0.15, 0.2) is 5.13 Å². The maximum absolute atomic E-state index is 12.0. The number of ether oxygens (including phenoxy) is 1. The molecule has 0 fully saturated rings. The third-order valence-corrected chi connectivity index (χ3v) is 6.06. The molecule has 0 aliphatic carbocycles. The lowest BCUT2D eigenvalue weighted by Crippen LogP contribution is -2.10. The fraction of sp³-hybridized carbons (Fsp3) is 0.188. The van der Waals surface area contributed by atoms with Gasteiger partial charge in [0, 0.05) is 10.3 Å². The van der Waals surface area contributed by atoms with Gasteiger partial charge < -0.3 is 4.74 Å².